The predicted octanol–water partition coefficient (Wildman–Crippen LogP) is 3.67. The molecular weight excluding hydrogens is 484 g/mol. The maximum atomic E-state index is 13.4. The fourth-order valence-corrected chi connectivity index (χ4v) is 5.92. The first-order valence-corrected chi connectivity index (χ1v) is 14.1. The Morgan fingerprint density at radius 1 is 1.14 bits per heavy atom. The number of aromatic nitrogens is 4. The molecule has 9 nitrogen and oxygen atoms in total. The van der Waals surface area contributed by atoms with Crippen molar-refractivity contribution < 1.29 is 13.2 Å². The van der Waals surface area contributed by atoms with Crippen molar-refractivity contribution >= 4 is 33.3 Å². The lowest BCUT2D eigenvalue weighted by atomic mass is 10.1. The highest BCUT2D eigenvalue weighted by molar-refractivity contribution is 7.89. The number of sulfonamides is 1. The van der Waals surface area contributed by atoms with E-state index in [1.165, 1.54) is 0 Å². The summed E-state index contributed by atoms with van der Waals surface area (Å²) in [5, 5.41) is 7.36. The maximum absolute atomic E-state index is 13.4. The average molecular weight is 519 g/mol. The van der Waals surface area contributed by atoms with E-state index < -0.39 is 10.0 Å². The highest BCUT2D eigenvalue weighted by atomic mass is 32.2. The van der Waals surface area contributed by atoms with Crippen LogP contribution in [0.1, 0.15) is 50.2 Å². The molecule has 1 fully saturated rings. The number of benzene rings is 1. The highest BCUT2D eigenvalue weighted by Gasteiger charge is 2.28. The van der Waals surface area contributed by atoms with Crippen LogP contribution in [-0.2, 0) is 22.9 Å². The Morgan fingerprint density at radius 3 is 2.63 bits per heavy atom. The van der Waals surface area contributed by atoms with Gasteiger partial charge in [-0.25, -0.2) is 13.4 Å². The molecule has 2 N–H and O–H groups in total. The molecule has 0 amide bonds. The van der Waals surface area contributed by atoms with Gasteiger partial charge in [-0.1, -0.05) is 38.9 Å². The van der Waals surface area contributed by atoms with Crippen molar-refractivity contribution in [3.05, 3.63) is 39.9 Å². The summed E-state index contributed by atoms with van der Waals surface area (Å²) < 4.78 is 34.9. The number of ether oxygens (including phenoxy) is 1. The number of hydrogen-bond donors (Lipinski definition) is 2. The number of rotatable bonds is 10. The zero-order chi connectivity index (χ0) is 25.0. The maximum Gasteiger partial charge on any atom is 0.243 e. The standard InChI is InChI=1S/C24H34N6O3S2/c1-4-6-14-33-20-9-8-18(35(31,32)30-12-10-29(3)11-13-30)15-17(20)16-21-25-22-19(7-5-2)27-28-23(22)24(34)26-21/h8-9,15H,4-7,10-14,16H2,1-3H3,(H,27,28)(H,25,26,34). The monoisotopic (exact) mass is 518 g/mol. The second kappa shape index (κ2) is 11.2. The molecule has 0 spiro atoms. The first kappa shape index (κ1) is 25.7. The zero-order valence-corrected chi connectivity index (χ0v) is 22.3. The Labute approximate surface area is 211 Å². The minimum atomic E-state index is -3.61. The average Bonchev–Trinajstić information content (AvgIpc) is 3.24. The van der Waals surface area contributed by atoms with E-state index in [1.807, 2.05) is 7.05 Å². The van der Waals surface area contributed by atoms with E-state index in [1.54, 1.807) is 22.5 Å². The van der Waals surface area contributed by atoms with Gasteiger partial charge in [0.25, 0.3) is 0 Å². The topological polar surface area (TPSA) is 107 Å². The number of aryl methyl sites for hydroxylation is 1. The first-order chi connectivity index (χ1) is 16.8. The summed E-state index contributed by atoms with van der Waals surface area (Å²) in [6.45, 7) is 7.17. The van der Waals surface area contributed by atoms with E-state index in [-0.39, 0.29) is 4.90 Å². The Kier molecular flexibility index (Phi) is 8.20. The quantitative estimate of drug-likeness (QED) is 0.311. The molecule has 1 aliphatic rings. The third-order valence-corrected chi connectivity index (χ3v) is 8.48. The zero-order valence-electron chi connectivity index (χ0n) is 20.6. The number of piperazine rings is 1. The Hall–Kier alpha value is -2.34. The van der Waals surface area contributed by atoms with Crippen molar-refractivity contribution in [2.75, 3.05) is 39.8 Å². The van der Waals surface area contributed by atoms with Crippen molar-refractivity contribution in [3.8, 4) is 5.75 Å². The lowest BCUT2D eigenvalue weighted by Gasteiger charge is -2.31. The number of aromatic amines is 2. The summed E-state index contributed by atoms with van der Waals surface area (Å²) in [5.74, 6) is 1.31. The Morgan fingerprint density at radius 2 is 1.91 bits per heavy atom. The number of likely N-dealkylation sites (N-methyl/N-ethyl adjacent to an activating group) is 1. The smallest absolute Gasteiger partial charge is 0.243 e. The molecule has 0 unspecified atom stereocenters. The molecule has 0 atom stereocenters. The van der Waals surface area contributed by atoms with Crippen molar-refractivity contribution in [3.63, 3.8) is 0 Å². The molecule has 0 bridgehead atoms. The van der Waals surface area contributed by atoms with Crippen LogP contribution in [0.3, 0.4) is 0 Å². The van der Waals surface area contributed by atoms with Gasteiger partial charge in [-0.2, -0.15) is 9.40 Å². The molecule has 2 aromatic heterocycles. The SMILES string of the molecule is CCCCOc1ccc(S(=O)(=O)N2CCN(C)CC2)cc1Cc1nc2c(CCC)n[nH]c2c(=S)[nH]1. The van der Waals surface area contributed by atoms with E-state index in [0.29, 0.717) is 42.3 Å². The summed E-state index contributed by atoms with van der Waals surface area (Å²) in [4.78, 5) is 10.4. The van der Waals surface area contributed by atoms with Crippen LogP contribution in [-0.4, -0.2) is 77.6 Å². The largest absolute Gasteiger partial charge is 0.493 e. The lowest BCUT2D eigenvalue weighted by molar-refractivity contribution is 0.222. The second-order valence-corrected chi connectivity index (χ2v) is 11.4. The number of fused-ring (bicyclic) bond motifs is 1. The van der Waals surface area contributed by atoms with Gasteiger partial charge in [-0.05, 0) is 38.1 Å². The molecule has 1 saturated heterocycles. The minimum Gasteiger partial charge on any atom is -0.493 e. The van der Waals surface area contributed by atoms with Crippen molar-refractivity contribution in [2.24, 2.45) is 0 Å². The summed E-state index contributed by atoms with van der Waals surface area (Å²) in [5.41, 5.74) is 3.13. The predicted molar refractivity (Wildman–Crippen MR) is 139 cm³/mol. The minimum absolute atomic E-state index is 0.273. The van der Waals surface area contributed by atoms with Crippen LogP contribution in [0.2, 0.25) is 0 Å². The fraction of sp³-hybridized carbons (Fsp3) is 0.542. The molecule has 1 aromatic carbocycles. The molecule has 3 heterocycles. The molecule has 11 heteroatoms. The van der Waals surface area contributed by atoms with E-state index in [2.05, 4.69) is 33.9 Å². The van der Waals surface area contributed by atoms with Gasteiger partial charge >= 0.3 is 0 Å². The van der Waals surface area contributed by atoms with Gasteiger partial charge in [0, 0.05) is 38.2 Å². The van der Waals surface area contributed by atoms with Gasteiger partial charge in [0.1, 0.15) is 27.2 Å². The normalized spacial score (nSPS) is 15.6. The van der Waals surface area contributed by atoms with E-state index in [9.17, 15) is 8.42 Å². The first-order valence-electron chi connectivity index (χ1n) is 12.2. The molecule has 0 radical (unpaired) electrons. The van der Waals surface area contributed by atoms with Crippen LogP contribution < -0.4 is 4.74 Å². The summed E-state index contributed by atoms with van der Waals surface area (Å²) in [6, 6.07) is 5.13. The fourth-order valence-electron chi connectivity index (χ4n) is 4.18. The number of H-pyrrole nitrogens is 2. The van der Waals surface area contributed by atoms with Crippen molar-refractivity contribution in [1.82, 2.24) is 29.4 Å². The van der Waals surface area contributed by atoms with Gasteiger partial charge in [0.15, 0.2) is 0 Å². The van der Waals surface area contributed by atoms with E-state index in [0.717, 1.165) is 61.1 Å². The Bertz CT molecular complexity index is 1330. The molecule has 3 aromatic rings. The number of unbranched alkanes of at least 4 members (excludes halogenated alkanes) is 1. The van der Waals surface area contributed by atoms with Crippen LogP contribution in [0.15, 0.2) is 23.1 Å². The highest BCUT2D eigenvalue weighted by Crippen LogP contribution is 2.28. The molecule has 1 aliphatic heterocycles. The van der Waals surface area contributed by atoms with E-state index in [4.69, 9.17) is 21.9 Å². The third-order valence-electron chi connectivity index (χ3n) is 6.28. The van der Waals surface area contributed by atoms with Crippen LogP contribution in [0, 0.1) is 4.64 Å². The third kappa shape index (κ3) is 5.74. The van der Waals surface area contributed by atoms with Crippen molar-refractivity contribution in [2.45, 2.75) is 50.8 Å². The Balaban J connectivity index is 1.70. The summed E-state index contributed by atoms with van der Waals surface area (Å²) in [7, 11) is -1.60. The van der Waals surface area contributed by atoms with Gasteiger partial charge in [-0.15, -0.1) is 0 Å². The summed E-state index contributed by atoms with van der Waals surface area (Å²) >= 11 is 5.55. The van der Waals surface area contributed by atoms with Crippen LogP contribution in [0.25, 0.3) is 11.0 Å². The van der Waals surface area contributed by atoms with Gasteiger partial charge < -0.3 is 14.6 Å². The molecular formula is C24H34N6O3S2. The van der Waals surface area contributed by atoms with Gasteiger partial charge in [0.05, 0.1) is 17.2 Å². The number of hydrogen-bond acceptors (Lipinski definition) is 7. The number of nitrogens with one attached hydrogen (secondary N) is 2. The molecule has 0 saturated carbocycles. The molecule has 0 aliphatic carbocycles. The van der Waals surface area contributed by atoms with Crippen LogP contribution in [0.5, 0.6) is 5.75 Å². The molecule has 4 rings (SSSR count). The van der Waals surface area contributed by atoms with E-state index >= 15 is 0 Å². The summed E-state index contributed by atoms with van der Waals surface area (Å²) in [6.07, 6.45) is 4.04. The number of nitrogens with zero attached hydrogens (tertiary/aromatic N) is 4. The molecule has 190 valence electrons. The van der Waals surface area contributed by atoms with Gasteiger partial charge in [0.2, 0.25) is 10.0 Å². The lowest BCUT2D eigenvalue weighted by Crippen LogP contribution is -2.47. The van der Waals surface area contributed by atoms with Gasteiger partial charge in [-0.3, -0.25) is 5.10 Å². The van der Waals surface area contributed by atoms with Crippen LogP contribution in [0.4, 0.5) is 0 Å². The van der Waals surface area contributed by atoms with Crippen LogP contribution >= 0.6 is 12.2 Å². The second-order valence-electron chi connectivity index (χ2n) is 9.01. The van der Waals surface area contributed by atoms with Crippen molar-refractivity contribution in [1.29, 1.82) is 0 Å². The molecule has 35 heavy (non-hydrogen) atoms.